The minimum atomic E-state index is 1.06. The lowest BCUT2D eigenvalue weighted by Gasteiger charge is -2.15. The van der Waals surface area contributed by atoms with E-state index >= 15 is 0 Å². The summed E-state index contributed by atoms with van der Waals surface area (Å²) < 4.78 is 0. The Balaban J connectivity index is 3.07. The quantitative estimate of drug-likeness (QED) is 0.715. The molecule has 1 nitrogen and oxygen atoms in total. The number of nitrogen functional groups attached to an aromatic ring is 1. The first-order chi connectivity index (χ1) is 7.74. The van der Waals surface area contributed by atoms with E-state index in [2.05, 4.69) is 32.9 Å². The zero-order valence-corrected chi connectivity index (χ0v) is 11.0. The van der Waals surface area contributed by atoms with Crippen LogP contribution < -0.4 is 5.73 Å². The minimum absolute atomic E-state index is 1.06. The summed E-state index contributed by atoms with van der Waals surface area (Å²) in [6.07, 6.45) is 6.93. The first kappa shape index (κ1) is 13.1. The summed E-state index contributed by atoms with van der Waals surface area (Å²) >= 11 is 0. The highest BCUT2D eigenvalue weighted by atomic mass is 14.6. The fourth-order valence-corrected chi connectivity index (χ4v) is 2.29. The van der Waals surface area contributed by atoms with Crippen LogP contribution in [0.5, 0.6) is 0 Å². The average molecular weight is 219 g/mol. The molecule has 16 heavy (non-hydrogen) atoms. The van der Waals surface area contributed by atoms with Crippen LogP contribution >= 0.6 is 0 Å². The Morgan fingerprint density at radius 2 is 1.31 bits per heavy atom. The average Bonchev–Trinajstić information content (AvgIpc) is 2.28. The Kier molecular flexibility index (Phi) is 5.37. The summed E-state index contributed by atoms with van der Waals surface area (Å²) in [4.78, 5) is 0. The predicted octanol–water partition coefficient (Wildman–Crippen LogP) is 4.13. The summed E-state index contributed by atoms with van der Waals surface area (Å²) in [5.41, 5.74) is 11.6. The van der Waals surface area contributed by atoms with E-state index in [0.29, 0.717) is 0 Å². The fraction of sp³-hybridized carbons (Fsp3) is 0.600. The van der Waals surface area contributed by atoms with Gasteiger partial charge in [0.2, 0.25) is 0 Å². The van der Waals surface area contributed by atoms with Crippen LogP contribution in [0, 0.1) is 0 Å². The molecule has 0 unspecified atom stereocenters. The summed E-state index contributed by atoms with van der Waals surface area (Å²) in [5.74, 6) is 0. The van der Waals surface area contributed by atoms with Crippen molar-refractivity contribution in [2.75, 3.05) is 5.73 Å². The molecule has 1 aromatic rings. The SMILES string of the molecule is CCCc1ccc(CCC)c(CCC)c1N. The van der Waals surface area contributed by atoms with Gasteiger partial charge in [-0.15, -0.1) is 0 Å². The van der Waals surface area contributed by atoms with Crippen LogP contribution in [0.25, 0.3) is 0 Å². The normalized spacial score (nSPS) is 10.7. The maximum atomic E-state index is 6.29. The van der Waals surface area contributed by atoms with Crippen molar-refractivity contribution in [2.24, 2.45) is 0 Å². The molecular formula is C15H25N. The van der Waals surface area contributed by atoms with Crippen LogP contribution in [0.2, 0.25) is 0 Å². The Labute approximate surface area is 100 Å². The van der Waals surface area contributed by atoms with Gasteiger partial charge in [0.25, 0.3) is 0 Å². The second-order valence-corrected chi connectivity index (χ2v) is 4.53. The zero-order valence-electron chi connectivity index (χ0n) is 11.0. The topological polar surface area (TPSA) is 26.0 Å². The highest BCUT2D eigenvalue weighted by Gasteiger charge is 2.09. The van der Waals surface area contributed by atoms with E-state index in [1.165, 1.54) is 36.0 Å². The fourth-order valence-electron chi connectivity index (χ4n) is 2.29. The molecule has 0 saturated heterocycles. The van der Waals surface area contributed by atoms with Gasteiger partial charge in [-0.25, -0.2) is 0 Å². The highest BCUT2D eigenvalue weighted by molar-refractivity contribution is 5.57. The molecule has 2 N–H and O–H groups in total. The van der Waals surface area contributed by atoms with Crippen LogP contribution in [0.3, 0.4) is 0 Å². The third-order valence-corrected chi connectivity index (χ3v) is 3.08. The second-order valence-electron chi connectivity index (χ2n) is 4.53. The number of hydrogen-bond acceptors (Lipinski definition) is 1. The standard InChI is InChI=1S/C15H25N/c1-4-7-12-10-11-13(8-5-2)15(16)14(12)9-6-3/h10-11H,4-9,16H2,1-3H3. The smallest absolute Gasteiger partial charge is 0.0381 e. The molecule has 0 radical (unpaired) electrons. The summed E-state index contributed by atoms with van der Waals surface area (Å²) in [5, 5.41) is 0. The molecule has 0 saturated carbocycles. The van der Waals surface area contributed by atoms with E-state index in [1.54, 1.807) is 0 Å². The molecule has 0 aliphatic heterocycles. The first-order valence-corrected chi connectivity index (χ1v) is 6.63. The van der Waals surface area contributed by atoms with Crippen molar-refractivity contribution >= 4 is 5.69 Å². The Bertz CT molecular complexity index is 328. The Morgan fingerprint density at radius 3 is 1.88 bits per heavy atom. The van der Waals surface area contributed by atoms with Gasteiger partial charge in [-0.05, 0) is 36.0 Å². The largest absolute Gasteiger partial charge is 0.398 e. The van der Waals surface area contributed by atoms with E-state index in [4.69, 9.17) is 5.73 Å². The zero-order chi connectivity index (χ0) is 12.0. The molecule has 0 fully saturated rings. The molecule has 90 valence electrons. The number of nitrogens with two attached hydrogens (primary N) is 1. The molecule has 1 heteroatoms. The van der Waals surface area contributed by atoms with Crippen LogP contribution in [-0.4, -0.2) is 0 Å². The van der Waals surface area contributed by atoms with E-state index in [-0.39, 0.29) is 0 Å². The summed E-state index contributed by atoms with van der Waals surface area (Å²) in [7, 11) is 0. The number of aryl methyl sites for hydroxylation is 2. The summed E-state index contributed by atoms with van der Waals surface area (Å²) in [6, 6.07) is 4.51. The van der Waals surface area contributed by atoms with E-state index in [1.807, 2.05) is 0 Å². The third kappa shape index (κ3) is 3.01. The lowest BCUT2D eigenvalue weighted by Crippen LogP contribution is -2.04. The van der Waals surface area contributed by atoms with E-state index in [0.717, 1.165) is 24.9 Å². The van der Waals surface area contributed by atoms with Gasteiger partial charge in [0.1, 0.15) is 0 Å². The van der Waals surface area contributed by atoms with Crippen LogP contribution in [0.15, 0.2) is 12.1 Å². The molecule has 0 spiro atoms. The van der Waals surface area contributed by atoms with Gasteiger partial charge in [0, 0.05) is 5.69 Å². The van der Waals surface area contributed by atoms with Crippen LogP contribution in [0.1, 0.15) is 56.7 Å². The lowest BCUT2D eigenvalue weighted by atomic mass is 9.93. The van der Waals surface area contributed by atoms with Crippen molar-refractivity contribution in [3.8, 4) is 0 Å². The van der Waals surface area contributed by atoms with Crippen LogP contribution in [-0.2, 0) is 19.3 Å². The monoisotopic (exact) mass is 219 g/mol. The van der Waals surface area contributed by atoms with E-state index < -0.39 is 0 Å². The molecule has 0 aliphatic carbocycles. The molecule has 0 aromatic heterocycles. The predicted molar refractivity (Wildman–Crippen MR) is 72.8 cm³/mol. The molecule has 1 rings (SSSR count). The van der Waals surface area contributed by atoms with Gasteiger partial charge < -0.3 is 5.73 Å². The van der Waals surface area contributed by atoms with Gasteiger partial charge in [0.15, 0.2) is 0 Å². The molecule has 0 atom stereocenters. The molecule has 0 amide bonds. The Morgan fingerprint density at radius 1 is 0.812 bits per heavy atom. The maximum absolute atomic E-state index is 6.29. The second kappa shape index (κ2) is 6.57. The third-order valence-electron chi connectivity index (χ3n) is 3.08. The lowest BCUT2D eigenvalue weighted by molar-refractivity contribution is 0.853. The van der Waals surface area contributed by atoms with Crippen LogP contribution in [0.4, 0.5) is 5.69 Å². The van der Waals surface area contributed by atoms with Crippen molar-refractivity contribution in [3.05, 3.63) is 28.8 Å². The first-order valence-electron chi connectivity index (χ1n) is 6.63. The number of anilines is 1. The highest BCUT2D eigenvalue weighted by Crippen LogP contribution is 2.25. The molecular weight excluding hydrogens is 194 g/mol. The molecule has 0 heterocycles. The van der Waals surface area contributed by atoms with Crippen molar-refractivity contribution in [1.82, 2.24) is 0 Å². The van der Waals surface area contributed by atoms with Gasteiger partial charge in [-0.3, -0.25) is 0 Å². The van der Waals surface area contributed by atoms with Gasteiger partial charge in [-0.1, -0.05) is 52.2 Å². The molecule has 0 bridgehead atoms. The van der Waals surface area contributed by atoms with E-state index in [9.17, 15) is 0 Å². The van der Waals surface area contributed by atoms with Gasteiger partial charge >= 0.3 is 0 Å². The number of rotatable bonds is 6. The van der Waals surface area contributed by atoms with Crippen molar-refractivity contribution < 1.29 is 0 Å². The Hall–Kier alpha value is -0.980. The number of hydrogen-bond donors (Lipinski definition) is 1. The van der Waals surface area contributed by atoms with Crippen molar-refractivity contribution in [2.45, 2.75) is 59.3 Å². The molecule has 0 aliphatic rings. The summed E-state index contributed by atoms with van der Waals surface area (Å²) in [6.45, 7) is 6.66. The van der Waals surface area contributed by atoms with Crippen molar-refractivity contribution in [3.63, 3.8) is 0 Å². The number of benzene rings is 1. The van der Waals surface area contributed by atoms with Gasteiger partial charge in [-0.2, -0.15) is 0 Å². The maximum Gasteiger partial charge on any atom is 0.0381 e. The van der Waals surface area contributed by atoms with Crippen molar-refractivity contribution in [1.29, 1.82) is 0 Å². The minimum Gasteiger partial charge on any atom is -0.398 e. The van der Waals surface area contributed by atoms with Gasteiger partial charge in [0.05, 0.1) is 0 Å². The molecule has 1 aromatic carbocycles.